The number of Topliss-reactive ketones (excluding diaryl/α,β-unsaturated/α-hetero) is 1. The third-order valence-electron chi connectivity index (χ3n) is 6.95. The van der Waals surface area contributed by atoms with E-state index in [0.29, 0.717) is 17.9 Å². The van der Waals surface area contributed by atoms with E-state index in [4.69, 9.17) is 4.74 Å². The molecule has 0 bridgehead atoms. The van der Waals surface area contributed by atoms with E-state index in [9.17, 15) is 13.2 Å². The minimum Gasteiger partial charge on any atom is -0.378 e. The average molecular weight is 477 g/mol. The van der Waals surface area contributed by atoms with Crippen LogP contribution in [0.4, 0.5) is 11.4 Å². The quantitative estimate of drug-likeness (QED) is 0.472. The third kappa shape index (κ3) is 4.10. The lowest BCUT2D eigenvalue weighted by molar-refractivity contribution is 0.0827. The fourth-order valence-electron chi connectivity index (χ4n) is 4.89. The summed E-state index contributed by atoms with van der Waals surface area (Å²) in [5.74, 6) is 0.208. The van der Waals surface area contributed by atoms with E-state index in [2.05, 4.69) is 10.0 Å². The van der Waals surface area contributed by atoms with Crippen LogP contribution >= 0.6 is 0 Å². The second-order valence-electron chi connectivity index (χ2n) is 9.20. The lowest BCUT2D eigenvalue weighted by Crippen LogP contribution is -2.29. The number of sulfonamides is 1. The van der Waals surface area contributed by atoms with Gasteiger partial charge in [-0.05, 0) is 74.2 Å². The van der Waals surface area contributed by atoms with Crippen molar-refractivity contribution < 1.29 is 17.9 Å². The topological polar surface area (TPSA) is 84.5 Å². The molecule has 2 aliphatic heterocycles. The Morgan fingerprint density at radius 1 is 1.00 bits per heavy atom. The van der Waals surface area contributed by atoms with Gasteiger partial charge in [0.1, 0.15) is 0 Å². The highest BCUT2D eigenvalue weighted by atomic mass is 32.2. The molecule has 5 rings (SSSR count). The highest BCUT2D eigenvalue weighted by Gasteiger charge is 2.42. The normalized spacial score (nSPS) is 21.3. The fourth-order valence-corrected chi connectivity index (χ4v) is 5.98. The van der Waals surface area contributed by atoms with Crippen molar-refractivity contribution >= 4 is 27.2 Å². The number of ether oxygens (including phenoxy) is 1. The predicted octanol–water partition coefficient (Wildman–Crippen LogP) is 5.55. The van der Waals surface area contributed by atoms with Gasteiger partial charge >= 0.3 is 0 Å². The summed E-state index contributed by atoms with van der Waals surface area (Å²) in [5.41, 5.74) is 6.19. The van der Waals surface area contributed by atoms with Crippen LogP contribution in [0.1, 0.15) is 58.1 Å². The fraction of sp³-hybridized carbons (Fsp3) is 0.296. The molecule has 0 aliphatic carbocycles. The average Bonchev–Trinajstić information content (AvgIpc) is 3.31. The van der Waals surface area contributed by atoms with Gasteiger partial charge in [0.05, 0.1) is 17.0 Å². The number of benzene rings is 3. The number of carbonyl (C=O) groups excluding carboxylic acids is 1. The molecule has 3 aromatic rings. The first-order valence-electron chi connectivity index (χ1n) is 11.5. The molecule has 1 unspecified atom stereocenters. The Labute approximate surface area is 200 Å². The van der Waals surface area contributed by atoms with E-state index in [1.165, 1.54) is 0 Å². The SMILES string of the molecule is CC(=O)c1ccc(C2Nc3ccc(S(=O)(=O)Nc4ccc(C)c(C)c4)cc3[C@H]3OCC[C@@H]23)cc1. The first kappa shape index (κ1) is 22.6. The number of aryl methyl sites for hydroxylation is 2. The molecular formula is C27H28N2O4S. The predicted molar refractivity (Wildman–Crippen MR) is 133 cm³/mol. The van der Waals surface area contributed by atoms with Gasteiger partial charge in [-0.15, -0.1) is 0 Å². The van der Waals surface area contributed by atoms with Crippen LogP contribution in [0, 0.1) is 19.8 Å². The third-order valence-corrected chi connectivity index (χ3v) is 8.33. The molecule has 34 heavy (non-hydrogen) atoms. The van der Waals surface area contributed by atoms with Gasteiger partial charge in [0.2, 0.25) is 0 Å². The second kappa shape index (κ2) is 8.56. The zero-order valence-electron chi connectivity index (χ0n) is 19.5. The molecule has 176 valence electrons. The molecule has 0 aromatic heterocycles. The van der Waals surface area contributed by atoms with Crippen molar-refractivity contribution in [2.24, 2.45) is 5.92 Å². The summed E-state index contributed by atoms with van der Waals surface area (Å²) in [6.45, 7) is 6.13. The van der Waals surface area contributed by atoms with Gasteiger partial charge < -0.3 is 10.1 Å². The van der Waals surface area contributed by atoms with Crippen LogP contribution in [0.25, 0.3) is 0 Å². The number of nitrogens with one attached hydrogen (secondary N) is 2. The Balaban J connectivity index is 1.45. The standard InChI is InChI=1S/C27H28N2O4S/c1-16-4-9-21(14-17(16)2)29-34(31,32)22-10-11-25-24(15-22)27-23(12-13-33-27)26(28-25)20-7-5-19(6-8-20)18(3)30/h4-11,14-15,23,26-29H,12-13H2,1-3H3/t23-,26?,27-/m0/s1. The first-order valence-corrected chi connectivity index (χ1v) is 12.9. The van der Waals surface area contributed by atoms with Crippen molar-refractivity contribution in [2.45, 2.75) is 44.2 Å². The number of anilines is 2. The largest absolute Gasteiger partial charge is 0.378 e. The van der Waals surface area contributed by atoms with E-state index in [0.717, 1.165) is 34.4 Å². The van der Waals surface area contributed by atoms with E-state index in [-0.39, 0.29) is 28.7 Å². The van der Waals surface area contributed by atoms with Crippen LogP contribution in [0.5, 0.6) is 0 Å². The van der Waals surface area contributed by atoms with Crippen LogP contribution < -0.4 is 10.0 Å². The number of carbonyl (C=O) groups is 1. The van der Waals surface area contributed by atoms with E-state index < -0.39 is 10.0 Å². The zero-order valence-corrected chi connectivity index (χ0v) is 20.3. The molecular weight excluding hydrogens is 448 g/mol. The number of hydrogen-bond donors (Lipinski definition) is 2. The molecule has 3 atom stereocenters. The van der Waals surface area contributed by atoms with Crippen LogP contribution in [-0.2, 0) is 14.8 Å². The molecule has 0 saturated carbocycles. The van der Waals surface area contributed by atoms with Crippen LogP contribution in [0.2, 0.25) is 0 Å². The summed E-state index contributed by atoms with van der Waals surface area (Å²) in [5, 5.41) is 3.60. The van der Waals surface area contributed by atoms with Crippen molar-refractivity contribution in [1.29, 1.82) is 0 Å². The summed E-state index contributed by atoms with van der Waals surface area (Å²) in [4.78, 5) is 11.9. The smallest absolute Gasteiger partial charge is 0.261 e. The van der Waals surface area contributed by atoms with E-state index in [1.54, 1.807) is 25.1 Å². The lowest BCUT2D eigenvalue weighted by Gasteiger charge is -2.36. The Hall–Kier alpha value is -3.16. The molecule has 2 N–H and O–H groups in total. The molecule has 2 aliphatic rings. The van der Waals surface area contributed by atoms with Crippen molar-refractivity contribution in [3.63, 3.8) is 0 Å². The maximum absolute atomic E-state index is 13.1. The number of hydrogen-bond acceptors (Lipinski definition) is 5. The van der Waals surface area contributed by atoms with Crippen LogP contribution in [0.15, 0.2) is 65.6 Å². The lowest BCUT2D eigenvalue weighted by atomic mass is 9.81. The monoisotopic (exact) mass is 476 g/mol. The summed E-state index contributed by atoms with van der Waals surface area (Å²) in [6, 6.07) is 18.4. The highest BCUT2D eigenvalue weighted by molar-refractivity contribution is 7.92. The van der Waals surface area contributed by atoms with Crippen molar-refractivity contribution in [3.8, 4) is 0 Å². The van der Waals surface area contributed by atoms with Gasteiger partial charge in [-0.3, -0.25) is 9.52 Å². The van der Waals surface area contributed by atoms with Gasteiger partial charge in [0.25, 0.3) is 10.0 Å². The molecule has 1 fully saturated rings. The minimum atomic E-state index is -3.75. The molecule has 0 amide bonds. The Bertz CT molecular complexity index is 1370. The maximum Gasteiger partial charge on any atom is 0.261 e. The maximum atomic E-state index is 13.1. The number of fused-ring (bicyclic) bond motifs is 3. The Morgan fingerprint density at radius 3 is 2.47 bits per heavy atom. The zero-order chi connectivity index (χ0) is 24.0. The molecule has 6 nitrogen and oxygen atoms in total. The van der Waals surface area contributed by atoms with Gasteiger partial charge in [-0.2, -0.15) is 0 Å². The van der Waals surface area contributed by atoms with Crippen LogP contribution in [-0.4, -0.2) is 20.8 Å². The Kier molecular flexibility index (Phi) is 5.70. The molecule has 2 heterocycles. The minimum absolute atomic E-state index is 0.0251. The molecule has 0 radical (unpaired) electrons. The van der Waals surface area contributed by atoms with E-state index in [1.807, 2.05) is 56.3 Å². The van der Waals surface area contributed by atoms with Gasteiger partial charge in [0.15, 0.2) is 5.78 Å². The Morgan fingerprint density at radius 2 is 1.76 bits per heavy atom. The first-order chi connectivity index (χ1) is 16.2. The van der Waals surface area contributed by atoms with Crippen LogP contribution in [0.3, 0.4) is 0 Å². The van der Waals surface area contributed by atoms with Gasteiger partial charge in [-0.25, -0.2) is 8.42 Å². The number of ketones is 1. The van der Waals surface area contributed by atoms with Crippen molar-refractivity contribution in [2.75, 3.05) is 16.6 Å². The molecule has 3 aromatic carbocycles. The molecule has 7 heteroatoms. The summed E-state index contributed by atoms with van der Waals surface area (Å²) >= 11 is 0. The molecule has 1 saturated heterocycles. The van der Waals surface area contributed by atoms with Gasteiger partial charge in [-0.1, -0.05) is 30.3 Å². The number of rotatable bonds is 5. The van der Waals surface area contributed by atoms with Crippen molar-refractivity contribution in [1.82, 2.24) is 0 Å². The summed E-state index contributed by atoms with van der Waals surface area (Å²) in [7, 11) is -3.75. The van der Waals surface area contributed by atoms with Crippen molar-refractivity contribution in [3.05, 3.63) is 88.5 Å². The van der Waals surface area contributed by atoms with E-state index >= 15 is 0 Å². The second-order valence-corrected chi connectivity index (χ2v) is 10.9. The van der Waals surface area contributed by atoms with Gasteiger partial charge in [0, 0.05) is 35.0 Å². The summed E-state index contributed by atoms with van der Waals surface area (Å²) < 4.78 is 35.1. The molecule has 0 spiro atoms. The summed E-state index contributed by atoms with van der Waals surface area (Å²) in [6.07, 6.45) is 0.680. The highest BCUT2D eigenvalue weighted by Crippen LogP contribution is 2.50.